The van der Waals surface area contributed by atoms with Gasteiger partial charge in [-0.1, -0.05) is 20.8 Å². The van der Waals surface area contributed by atoms with Gasteiger partial charge >= 0.3 is 0 Å². The Kier molecular flexibility index (Phi) is 5.90. The Morgan fingerprint density at radius 1 is 1.12 bits per heavy atom. The maximum absolute atomic E-state index is 3.47. The molecule has 3 nitrogen and oxygen atoms in total. The second-order valence-electron chi connectivity index (χ2n) is 6.49. The summed E-state index contributed by atoms with van der Waals surface area (Å²) in [4.78, 5) is 5.07. The summed E-state index contributed by atoms with van der Waals surface area (Å²) in [6.07, 6.45) is 2.57. The van der Waals surface area contributed by atoms with Crippen LogP contribution in [0.3, 0.4) is 0 Å². The van der Waals surface area contributed by atoms with E-state index in [0.717, 1.165) is 0 Å². The number of rotatable bonds is 4. The number of hydrogen-bond donors (Lipinski definition) is 1. The molecule has 0 aromatic heterocycles. The Morgan fingerprint density at radius 3 is 2.41 bits per heavy atom. The van der Waals surface area contributed by atoms with Crippen molar-refractivity contribution in [3.63, 3.8) is 0 Å². The van der Waals surface area contributed by atoms with Gasteiger partial charge in [-0.2, -0.15) is 0 Å². The molecule has 1 N–H and O–H groups in total. The molecule has 1 aliphatic heterocycles. The van der Waals surface area contributed by atoms with E-state index < -0.39 is 0 Å². The van der Waals surface area contributed by atoms with E-state index in [9.17, 15) is 0 Å². The van der Waals surface area contributed by atoms with Gasteiger partial charge in [0.25, 0.3) is 0 Å². The smallest absolute Gasteiger partial charge is 0.0125 e. The lowest BCUT2D eigenvalue weighted by molar-refractivity contribution is 0.213. The van der Waals surface area contributed by atoms with Gasteiger partial charge in [-0.05, 0) is 52.0 Å². The Morgan fingerprint density at radius 2 is 1.82 bits per heavy atom. The Bertz CT molecular complexity index is 210. The van der Waals surface area contributed by atoms with Gasteiger partial charge in [-0.15, -0.1) is 0 Å². The zero-order valence-electron chi connectivity index (χ0n) is 12.4. The molecule has 1 heterocycles. The zero-order chi connectivity index (χ0) is 12.9. The number of hydrogen-bond acceptors (Lipinski definition) is 3. The summed E-state index contributed by atoms with van der Waals surface area (Å²) in [6, 6.07) is 0.614. The maximum atomic E-state index is 3.47. The molecule has 0 spiro atoms. The first kappa shape index (κ1) is 14.9. The van der Waals surface area contributed by atoms with Gasteiger partial charge in [0, 0.05) is 19.1 Å². The lowest BCUT2D eigenvalue weighted by Crippen LogP contribution is -2.41. The first-order valence-corrected chi connectivity index (χ1v) is 7.01. The zero-order valence-corrected chi connectivity index (χ0v) is 12.4. The lowest BCUT2D eigenvalue weighted by Gasteiger charge is -2.32. The van der Waals surface area contributed by atoms with Gasteiger partial charge in [-0.3, -0.25) is 0 Å². The van der Waals surface area contributed by atoms with E-state index in [-0.39, 0.29) is 0 Å². The highest BCUT2D eigenvalue weighted by Gasteiger charge is 2.23. The fraction of sp³-hybridized carbons (Fsp3) is 1.00. The van der Waals surface area contributed by atoms with Crippen LogP contribution in [0, 0.1) is 5.41 Å². The minimum absolute atomic E-state index is 0.359. The first-order valence-electron chi connectivity index (χ1n) is 7.01. The topological polar surface area (TPSA) is 18.5 Å². The quantitative estimate of drug-likeness (QED) is 0.807. The minimum Gasteiger partial charge on any atom is -0.316 e. The van der Waals surface area contributed by atoms with Crippen LogP contribution in [0.25, 0.3) is 0 Å². The van der Waals surface area contributed by atoms with Gasteiger partial charge in [-0.25, -0.2) is 0 Å². The molecule has 1 unspecified atom stereocenters. The number of likely N-dealkylation sites (N-methyl/N-ethyl adjacent to an activating group) is 1. The van der Waals surface area contributed by atoms with Crippen molar-refractivity contribution >= 4 is 0 Å². The molecule has 1 atom stereocenters. The monoisotopic (exact) mass is 241 g/mol. The molecular weight excluding hydrogens is 210 g/mol. The van der Waals surface area contributed by atoms with E-state index in [4.69, 9.17) is 0 Å². The molecule has 0 aromatic rings. The van der Waals surface area contributed by atoms with Crippen molar-refractivity contribution < 1.29 is 0 Å². The Balaban J connectivity index is 2.33. The minimum atomic E-state index is 0.359. The molecule has 0 bridgehead atoms. The van der Waals surface area contributed by atoms with Crippen LogP contribution in [0.2, 0.25) is 0 Å². The van der Waals surface area contributed by atoms with Crippen molar-refractivity contribution in [3.8, 4) is 0 Å². The van der Waals surface area contributed by atoms with Crippen LogP contribution >= 0.6 is 0 Å². The fourth-order valence-electron chi connectivity index (χ4n) is 2.65. The normalized spacial score (nSPS) is 22.4. The van der Waals surface area contributed by atoms with E-state index in [1.807, 2.05) is 0 Å². The lowest BCUT2D eigenvalue weighted by atomic mass is 9.85. The van der Waals surface area contributed by atoms with Gasteiger partial charge in [0.1, 0.15) is 0 Å². The molecule has 17 heavy (non-hydrogen) atoms. The van der Waals surface area contributed by atoms with Crippen molar-refractivity contribution in [1.82, 2.24) is 15.1 Å². The van der Waals surface area contributed by atoms with E-state index in [1.54, 1.807) is 0 Å². The van der Waals surface area contributed by atoms with E-state index in [2.05, 4.69) is 50.0 Å². The van der Waals surface area contributed by atoms with Crippen LogP contribution in [0.4, 0.5) is 0 Å². The van der Waals surface area contributed by atoms with E-state index in [0.29, 0.717) is 11.5 Å². The standard InChI is InChI=1S/C14H31N3/c1-14(2,3)13(15-4)7-10-17-9-6-8-16(5)11-12-17/h13,15H,6-12H2,1-5H3. The summed E-state index contributed by atoms with van der Waals surface area (Å²) in [5.41, 5.74) is 0.359. The summed E-state index contributed by atoms with van der Waals surface area (Å²) in [5, 5.41) is 3.47. The summed E-state index contributed by atoms with van der Waals surface area (Å²) >= 11 is 0. The molecule has 3 heteroatoms. The molecule has 1 aliphatic rings. The molecule has 0 saturated carbocycles. The van der Waals surface area contributed by atoms with Crippen molar-refractivity contribution in [2.45, 2.75) is 39.7 Å². The number of nitrogens with one attached hydrogen (secondary N) is 1. The van der Waals surface area contributed by atoms with Crippen LogP contribution < -0.4 is 5.32 Å². The van der Waals surface area contributed by atoms with Crippen LogP contribution in [0.15, 0.2) is 0 Å². The van der Waals surface area contributed by atoms with Crippen molar-refractivity contribution in [3.05, 3.63) is 0 Å². The maximum Gasteiger partial charge on any atom is 0.0125 e. The van der Waals surface area contributed by atoms with Gasteiger partial charge < -0.3 is 15.1 Å². The van der Waals surface area contributed by atoms with Crippen molar-refractivity contribution in [1.29, 1.82) is 0 Å². The highest BCUT2D eigenvalue weighted by molar-refractivity contribution is 4.80. The third-order valence-corrected chi connectivity index (χ3v) is 3.94. The van der Waals surface area contributed by atoms with Gasteiger partial charge in [0.05, 0.1) is 0 Å². The molecule has 1 saturated heterocycles. The molecule has 0 aromatic carbocycles. The number of nitrogens with zero attached hydrogens (tertiary/aromatic N) is 2. The van der Waals surface area contributed by atoms with E-state index in [1.165, 1.54) is 45.6 Å². The first-order chi connectivity index (χ1) is 7.93. The highest BCUT2D eigenvalue weighted by atomic mass is 15.2. The molecule has 0 radical (unpaired) electrons. The third-order valence-electron chi connectivity index (χ3n) is 3.94. The molecule has 1 rings (SSSR count). The predicted octanol–water partition coefficient (Wildman–Crippen LogP) is 1.65. The van der Waals surface area contributed by atoms with Gasteiger partial charge in [0.15, 0.2) is 0 Å². The Labute approximate surface area is 108 Å². The summed E-state index contributed by atoms with van der Waals surface area (Å²) < 4.78 is 0. The molecule has 1 fully saturated rings. The summed E-state index contributed by atoms with van der Waals surface area (Å²) in [5.74, 6) is 0. The summed E-state index contributed by atoms with van der Waals surface area (Å²) in [6.45, 7) is 13.2. The highest BCUT2D eigenvalue weighted by Crippen LogP contribution is 2.21. The molecule has 0 amide bonds. The SMILES string of the molecule is CNC(CCN1CCCN(C)CC1)C(C)(C)C. The third kappa shape index (κ3) is 5.36. The van der Waals surface area contributed by atoms with Crippen LogP contribution in [0.5, 0.6) is 0 Å². The van der Waals surface area contributed by atoms with Crippen molar-refractivity contribution in [2.24, 2.45) is 5.41 Å². The average molecular weight is 241 g/mol. The Hall–Kier alpha value is -0.120. The second-order valence-corrected chi connectivity index (χ2v) is 6.49. The molecule has 102 valence electrons. The largest absolute Gasteiger partial charge is 0.316 e. The van der Waals surface area contributed by atoms with Crippen molar-refractivity contribution in [2.75, 3.05) is 46.8 Å². The van der Waals surface area contributed by atoms with Gasteiger partial charge in [0.2, 0.25) is 0 Å². The van der Waals surface area contributed by atoms with E-state index >= 15 is 0 Å². The summed E-state index contributed by atoms with van der Waals surface area (Å²) in [7, 11) is 4.32. The average Bonchev–Trinajstić information content (AvgIpc) is 2.42. The fourth-order valence-corrected chi connectivity index (χ4v) is 2.65. The van der Waals surface area contributed by atoms with Crippen LogP contribution in [0.1, 0.15) is 33.6 Å². The van der Waals surface area contributed by atoms with Crippen LogP contribution in [-0.2, 0) is 0 Å². The van der Waals surface area contributed by atoms with Crippen LogP contribution in [-0.4, -0.2) is 62.7 Å². The predicted molar refractivity (Wildman–Crippen MR) is 75.5 cm³/mol. The molecule has 0 aliphatic carbocycles. The second kappa shape index (κ2) is 6.72. The molecular formula is C14H31N3.